The minimum absolute atomic E-state index is 0.00689. The summed E-state index contributed by atoms with van der Waals surface area (Å²) in [4.78, 5) is 43.2. The highest BCUT2D eigenvalue weighted by molar-refractivity contribution is 6.00. The molecule has 0 aliphatic carbocycles. The number of esters is 1. The van der Waals surface area contributed by atoms with Gasteiger partial charge in [-0.05, 0) is 67.0 Å². The lowest BCUT2D eigenvalue weighted by Crippen LogP contribution is -2.57. The maximum atomic E-state index is 13.9. The number of hydrogen-bond acceptors (Lipinski definition) is 9. The average Bonchev–Trinajstić information content (AvgIpc) is 2.92. The van der Waals surface area contributed by atoms with Gasteiger partial charge >= 0.3 is 5.97 Å². The standard InChI is InChI=1S/C32H57NO8/c1-14-25-32(10,37)23(8)19(4)26(34)17(2)16-31(9,38-13)28(21(6)27(35)22(7)29(36)40-25)41-30-20(5)24(33(11)12)15-18(3)39-30/h17-25,28,30,37H,14-16H2,1-13H3/t17-,18?,19-,20?,21+,22-,23-,24?,25-,28-,30?,31-,32+/m1/s1. The number of carbonyl (C=O) groups is 3. The Morgan fingerprint density at radius 3 is 2.07 bits per heavy atom. The summed E-state index contributed by atoms with van der Waals surface area (Å²) in [5.41, 5.74) is -2.53. The van der Waals surface area contributed by atoms with Crippen LogP contribution >= 0.6 is 0 Å². The lowest BCUT2D eigenvalue weighted by Gasteiger charge is -2.47. The fraction of sp³-hybridized carbons (Fsp3) is 0.906. The molecule has 0 amide bonds. The third kappa shape index (κ3) is 7.58. The normalized spacial score (nSPS) is 45.8. The predicted molar refractivity (Wildman–Crippen MR) is 157 cm³/mol. The van der Waals surface area contributed by atoms with Crippen molar-refractivity contribution in [2.24, 2.45) is 35.5 Å². The SMILES string of the molecule is CC[C@H]1OC(=O)[C@H](C)C(=O)[C@H](C)[C@@H](OC2OC(C)CC(N(C)C)C2C)[C@](C)(OC)C[C@@H](C)C(=O)[C@H](C)[C@@H](C)[C@]1(C)O. The molecule has 0 aromatic rings. The molecule has 0 aromatic heterocycles. The molecule has 2 aliphatic rings. The highest BCUT2D eigenvalue weighted by atomic mass is 16.7. The van der Waals surface area contributed by atoms with E-state index >= 15 is 0 Å². The van der Waals surface area contributed by atoms with E-state index in [4.69, 9.17) is 18.9 Å². The Bertz CT molecular complexity index is 921. The average molecular weight is 584 g/mol. The van der Waals surface area contributed by atoms with Gasteiger partial charge in [0.2, 0.25) is 0 Å². The molecule has 13 atom stereocenters. The molecule has 2 saturated heterocycles. The number of Topliss-reactive ketones (excluding diaryl/α,β-unsaturated/α-hetero) is 2. The second-order valence-corrected chi connectivity index (χ2v) is 13.6. The van der Waals surface area contributed by atoms with Crippen LogP contribution in [0.1, 0.15) is 88.5 Å². The molecule has 0 saturated carbocycles. The van der Waals surface area contributed by atoms with Crippen molar-refractivity contribution >= 4 is 17.5 Å². The molecule has 0 aromatic carbocycles. The van der Waals surface area contributed by atoms with Crippen molar-refractivity contribution in [3.63, 3.8) is 0 Å². The van der Waals surface area contributed by atoms with Gasteiger partial charge in [-0.25, -0.2) is 0 Å². The second-order valence-electron chi connectivity index (χ2n) is 13.6. The number of hydrogen-bond donors (Lipinski definition) is 1. The van der Waals surface area contributed by atoms with E-state index in [9.17, 15) is 19.5 Å². The van der Waals surface area contributed by atoms with E-state index in [0.717, 1.165) is 6.42 Å². The highest BCUT2D eigenvalue weighted by Gasteiger charge is 2.51. The summed E-state index contributed by atoms with van der Waals surface area (Å²) in [7, 11) is 5.63. The van der Waals surface area contributed by atoms with Crippen molar-refractivity contribution in [2.75, 3.05) is 21.2 Å². The molecule has 4 unspecified atom stereocenters. The Kier molecular flexibility index (Phi) is 12.2. The molecule has 2 aliphatic heterocycles. The van der Waals surface area contributed by atoms with E-state index < -0.39 is 65.3 Å². The summed E-state index contributed by atoms with van der Waals surface area (Å²) >= 11 is 0. The number of rotatable bonds is 5. The zero-order chi connectivity index (χ0) is 31.6. The van der Waals surface area contributed by atoms with Crippen LogP contribution < -0.4 is 0 Å². The second kappa shape index (κ2) is 13.9. The van der Waals surface area contributed by atoms with Crippen molar-refractivity contribution in [1.29, 1.82) is 0 Å². The van der Waals surface area contributed by atoms with E-state index in [2.05, 4.69) is 11.8 Å². The molecule has 2 rings (SSSR count). The van der Waals surface area contributed by atoms with Crippen molar-refractivity contribution in [3.05, 3.63) is 0 Å². The molecule has 9 heteroatoms. The van der Waals surface area contributed by atoms with Crippen LogP contribution in [0.2, 0.25) is 0 Å². The quantitative estimate of drug-likeness (QED) is 0.375. The van der Waals surface area contributed by atoms with Gasteiger partial charge in [-0.15, -0.1) is 0 Å². The number of methoxy groups -OCH3 is 1. The van der Waals surface area contributed by atoms with Gasteiger partial charge in [0.1, 0.15) is 23.4 Å². The van der Waals surface area contributed by atoms with Gasteiger partial charge in [-0.3, -0.25) is 14.4 Å². The topological polar surface area (TPSA) is 112 Å². The summed E-state index contributed by atoms with van der Waals surface area (Å²) in [5.74, 6) is -4.45. The van der Waals surface area contributed by atoms with Gasteiger partial charge in [0.15, 0.2) is 12.1 Å². The molecule has 2 fully saturated rings. The number of ketones is 2. The lowest BCUT2D eigenvalue weighted by molar-refractivity contribution is -0.280. The molecular formula is C32H57NO8. The van der Waals surface area contributed by atoms with Crippen molar-refractivity contribution in [1.82, 2.24) is 4.90 Å². The largest absolute Gasteiger partial charge is 0.459 e. The van der Waals surface area contributed by atoms with Crippen molar-refractivity contribution in [3.8, 4) is 0 Å². The first kappa shape index (κ1) is 35.8. The Morgan fingerprint density at radius 1 is 0.976 bits per heavy atom. The molecule has 0 bridgehead atoms. The highest BCUT2D eigenvalue weighted by Crippen LogP contribution is 2.40. The van der Waals surface area contributed by atoms with Crippen LogP contribution in [0.4, 0.5) is 0 Å². The molecule has 1 N–H and O–H groups in total. The van der Waals surface area contributed by atoms with E-state index in [1.165, 1.54) is 6.92 Å². The molecule has 2 heterocycles. The summed E-state index contributed by atoms with van der Waals surface area (Å²) in [6.07, 6.45) is -0.891. The first-order valence-corrected chi connectivity index (χ1v) is 15.4. The maximum absolute atomic E-state index is 13.9. The number of carbonyl (C=O) groups excluding carboxylic acids is 3. The van der Waals surface area contributed by atoms with Crippen LogP contribution in [0.5, 0.6) is 0 Å². The summed E-state index contributed by atoms with van der Waals surface area (Å²) in [6, 6.07) is 0.206. The number of cyclic esters (lactones) is 1. The van der Waals surface area contributed by atoms with E-state index in [0.29, 0.717) is 6.42 Å². The number of nitrogens with zero attached hydrogens (tertiary/aromatic N) is 1. The van der Waals surface area contributed by atoms with Gasteiger partial charge < -0.3 is 29.0 Å². The molecular weight excluding hydrogens is 526 g/mol. The van der Waals surface area contributed by atoms with E-state index in [1.807, 2.05) is 48.7 Å². The molecule has 0 spiro atoms. The van der Waals surface area contributed by atoms with Crippen LogP contribution in [0.25, 0.3) is 0 Å². The summed E-state index contributed by atoms with van der Waals surface area (Å²) in [6.45, 7) is 18.1. The van der Waals surface area contributed by atoms with Gasteiger partial charge in [0, 0.05) is 36.8 Å². The third-order valence-corrected chi connectivity index (χ3v) is 10.3. The zero-order valence-electron chi connectivity index (χ0n) is 27.7. The maximum Gasteiger partial charge on any atom is 0.316 e. The molecule has 9 nitrogen and oxygen atoms in total. The van der Waals surface area contributed by atoms with Crippen LogP contribution in [0, 0.1) is 35.5 Å². The van der Waals surface area contributed by atoms with Gasteiger partial charge in [-0.1, -0.05) is 41.5 Å². The zero-order valence-corrected chi connectivity index (χ0v) is 27.7. The van der Waals surface area contributed by atoms with Gasteiger partial charge in [-0.2, -0.15) is 0 Å². The summed E-state index contributed by atoms with van der Waals surface area (Å²) in [5, 5.41) is 11.5. The molecule has 0 radical (unpaired) electrons. The lowest BCUT2D eigenvalue weighted by atomic mass is 9.71. The van der Waals surface area contributed by atoms with Crippen LogP contribution in [-0.4, -0.2) is 90.6 Å². The summed E-state index contributed by atoms with van der Waals surface area (Å²) < 4.78 is 24.9. The van der Waals surface area contributed by atoms with Gasteiger partial charge in [0.05, 0.1) is 17.8 Å². The minimum Gasteiger partial charge on any atom is -0.459 e. The number of ether oxygens (including phenoxy) is 4. The van der Waals surface area contributed by atoms with E-state index in [-0.39, 0.29) is 36.1 Å². The first-order valence-electron chi connectivity index (χ1n) is 15.4. The first-order chi connectivity index (χ1) is 18.8. The monoisotopic (exact) mass is 583 g/mol. The smallest absolute Gasteiger partial charge is 0.316 e. The van der Waals surface area contributed by atoms with Crippen LogP contribution in [0.15, 0.2) is 0 Å². The Hall–Kier alpha value is -1.39. The van der Waals surface area contributed by atoms with Crippen molar-refractivity contribution < 1.29 is 38.4 Å². The Labute approximate surface area is 248 Å². The van der Waals surface area contributed by atoms with Gasteiger partial charge in [0.25, 0.3) is 0 Å². The van der Waals surface area contributed by atoms with Crippen molar-refractivity contribution in [2.45, 2.75) is 130 Å². The van der Waals surface area contributed by atoms with E-state index in [1.54, 1.807) is 27.9 Å². The fourth-order valence-electron chi connectivity index (χ4n) is 6.95. The minimum atomic E-state index is -1.47. The fourth-order valence-corrected chi connectivity index (χ4v) is 6.95. The Morgan fingerprint density at radius 2 is 1.56 bits per heavy atom. The molecule has 41 heavy (non-hydrogen) atoms. The predicted octanol–water partition coefficient (Wildman–Crippen LogP) is 4.27. The molecule has 238 valence electrons. The number of aliphatic hydroxyl groups is 1. The van der Waals surface area contributed by atoms with Crippen LogP contribution in [0.3, 0.4) is 0 Å². The van der Waals surface area contributed by atoms with Crippen LogP contribution in [-0.2, 0) is 33.3 Å². The third-order valence-electron chi connectivity index (χ3n) is 10.3. The Balaban J connectivity index is 2.61.